The van der Waals surface area contributed by atoms with Crippen molar-refractivity contribution in [1.29, 1.82) is 0 Å². The maximum atomic E-state index is 12.5. The van der Waals surface area contributed by atoms with E-state index in [0.29, 0.717) is 30.1 Å². The van der Waals surface area contributed by atoms with Crippen LogP contribution < -0.4 is 5.32 Å². The Morgan fingerprint density at radius 1 is 1.32 bits per heavy atom. The Balaban J connectivity index is 1.57. The molecule has 2 aromatic rings. The lowest BCUT2D eigenvalue weighted by Crippen LogP contribution is -2.53. The van der Waals surface area contributed by atoms with Crippen molar-refractivity contribution >= 4 is 17.7 Å². The van der Waals surface area contributed by atoms with Gasteiger partial charge in [-0.1, -0.05) is 6.07 Å². The van der Waals surface area contributed by atoms with Gasteiger partial charge >= 0.3 is 0 Å². The summed E-state index contributed by atoms with van der Waals surface area (Å²) in [6, 6.07) is 9.09. The number of carbonyl (C=O) groups is 1. The van der Waals surface area contributed by atoms with Crippen LogP contribution in [-0.2, 0) is 6.54 Å². The second-order valence-corrected chi connectivity index (χ2v) is 6.85. The Bertz CT molecular complexity index is 713. The molecule has 1 amide bonds. The molecule has 2 N–H and O–H groups in total. The molecule has 0 bridgehead atoms. The number of hydrogen-bond donors (Lipinski definition) is 2. The van der Waals surface area contributed by atoms with Gasteiger partial charge in [-0.2, -0.15) is 0 Å². The molecule has 0 spiro atoms. The summed E-state index contributed by atoms with van der Waals surface area (Å²) in [6.45, 7) is 2.03. The van der Waals surface area contributed by atoms with Crippen molar-refractivity contribution in [2.45, 2.75) is 30.1 Å². The number of likely N-dealkylation sites (tertiary alicyclic amines) is 1. The van der Waals surface area contributed by atoms with Crippen LogP contribution in [0.2, 0.25) is 0 Å². The molecule has 2 aromatic heterocycles. The predicted molar refractivity (Wildman–Crippen MR) is 97.4 cm³/mol. The number of nitrogens with zero attached hydrogens (tertiary/aromatic N) is 3. The molecule has 0 saturated carbocycles. The molecule has 2 atom stereocenters. The normalized spacial score (nSPS) is 21.0. The quantitative estimate of drug-likeness (QED) is 0.790. The van der Waals surface area contributed by atoms with E-state index < -0.39 is 6.10 Å². The second-order valence-electron chi connectivity index (χ2n) is 6.05. The molecule has 0 unspecified atom stereocenters. The molecule has 25 heavy (non-hydrogen) atoms. The SMILES string of the molecule is CSc1ncccc1C(=O)N[C@@H]1CCN(Cc2ccccn2)C[C@H]1O. The minimum absolute atomic E-state index is 0.181. The summed E-state index contributed by atoms with van der Waals surface area (Å²) in [5, 5.41) is 14.1. The molecule has 0 aliphatic carbocycles. The van der Waals surface area contributed by atoms with E-state index in [1.807, 2.05) is 24.5 Å². The first-order valence-corrected chi connectivity index (χ1v) is 9.50. The fourth-order valence-electron chi connectivity index (χ4n) is 3.00. The van der Waals surface area contributed by atoms with Crippen molar-refractivity contribution in [2.75, 3.05) is 19.3 Å². The lowest BCUT2D eigenvalue weighted by molar-refractivity contribution is 0.0344. The molecule has 6 nitrogen and oxygen atoms in total. The molecule has 7 heteroatoms. The van der Waals surface area contributed by atoms with Gasteiger partial charge in [0.1, 0.15) is 5.03 Å². The first-order chi connectivity index (χ1) is 12.2. The van der Waals surface area contributed by atoms with E-state index in [9.17, 15) is 9.90 Å². The van der Waals surface area contributed by atoms with Gasteiger partial charge in [-0.3, -0.25) is 14.7 Å². The summed E-state index contributed by atoms with van der Waals surface area (Å²) in [5.41, 5.74) is 1.54. The summed E-state index contributed by atoms with van der Waals surface area (Å²) >= 11 is 1.44. The van der Waals surface area contributed by atoms with Gasteiger partial charge in [-0.15, -0.1) is 11.8 Å². The number of β-amino-alcohol motifs (C(OH)–C–C–N with tert-alkyl or cyclic N) is 1. The number of thioether (sulfide) groups is 1. The number of piperidine rings is 1. The minimum Gasteiger partial charge on any atom is -0.390 e. The van der Waals surface area contributed by atoms with Crippen LogP contribution in [0.1, 0.15) is 22.5 Å². The number of aromatic nitrogens is 2. The monoisotopic (exact) mass is 358 g/mol. The highest BCUT2D eigenvalue weighted by Gasteiger charge is 2.29. The van der Waals surface area contributed by atoms with E-state index >= 15 is 0 Å². The highest BCUT2D eigenvalue weighted by Crippen LogP contribution is 2.18. The molecule has 3 heterocycles. The highest BCUT2D eigenvalue weighted by molar-refractivity contribution is 7.98. The van der Waals surface area contributed by atoms with Crippen LogP contribution in [0.5, 0.6) is 0 Å². The molecular weight excluding hydrogens is 336 g/mol. The van der Waals surface area contributed by atoms with Crippen LogP contribution in [0, 0.1) is 0 Å². The largest absolute Gasteiger partial charge is 0.390 e. The van der Waals surface area contributed by atoms with Crippen LogP contribution in [-0.4, -0.2) is 57.4 Å². The van der Waals surface area contributed by atoms with Crippen LogP contribution in [0.15, 0.2) is 47.8 Å². The third kappa shape index (κ3) is 4.56. The Hall–Kier alpha value is -1.96. The van der Waals surface area contributed by atoms with Crippen molar-refractivity contribution in [1.82, 2.24) is 20.2 Å². The Labute approximate surface area is 151 Å². The maximum absolute atomic E-state index is 12.5. The fraction of sp³-hybridized carbons (Fsp3) is 0.389. The number of hydrogen-bond acceptors (Lipinski definition) is 6. The Morgan fingerprint density at radius 2 is 2.16 bits per heavy atom. The standard InChI is InChI=1S/C18H22N4O2S/c1-25-18-14(6-4-9-20-18)17(24)21-15-7-10-22(12-16(15)23)11-13-5-2-3-8-19-13/h2-6,8-9,15-16,23H,7,10-12H2,1H3,(H,21,24)/t15-,16-/m1/s1. The smallest absolute Gasteiger partial charge is 0.254 e. The zero-order valence-electron chi connectivity index (χ0n) is 14.1. The van der Waals surface area contributed by atoms with E-state index in [-0.39, 0.29) is 11.9 Å². The summed E-state index contributed by atoms with van der Waals surface area (Å²) in [6.07, 6.45) is 5.44. The van der Waals surface area contributed by atoms with Gasteiger partial charge in [0.05, 0.1) is 23.4 Å². The van der Waals surface area contributed by atoms with Gasteiger partial charge in [-0.25, -0.2) is 4.98 Å². The molecule has 0 radical (unpaired) electrons. The summed E-state index contributed by atoms with van der Waals surface area (Å²) in [5.74, 6) is -0.181. The molecule has 1 aliphatic heterocycles. The van der Waals surface area contributed by atoms with Gasteiger partial charge in [0.2, 0.25) is 0 Å². The maximum Gasteiger partial charge on any atom is 0.254 e. The highest BCUT2D eigenvalue weighted by atomic mass is 32.2. The predicted octanol–water partition coefficient (Wildman–Crippen LogP) is 1.56. The number of pyridine rings is 2. The van der Waals surface area contributed by atoms with E-state index in [2.05, 4.69) is 20.2 Å². The van der Waals surface area contributed by atoms with Crippen molar-refractivity contribution in [3.05, 3.63) is 54.0 Å². The van der Waals surface area contributed by atoms with Gasteiger partial charge < -0.3 is 10.4 Å². The summed E-state index contributed by atoms with van der Waals surface area (Å²) in [7, 11) is 0. The molecule has 1 saturated heterocycles. The molecule has 3 rings (SSSR count). The van der Waals surface area contributed by atoms with Gasteiger partial charge in [0.25, 0.3) is 5.91 Å². The third-order valence-corrected chi connectivity index (χ3v) is 5.02. The number of nitrogens with one attached hydrogen (secondary N) is 1. The fourth-order valence-corrected chi connectivity index (χ4v) is 3.55. The van der Waals surface area contributed by atoms with Crippen molar-refractivity contribution in [3.8, 4) is 0 Å². The van der Waals surface area contributed by atoms with Gasteiger partial charge in [0.15, 0.2) is 0 Å². The topological polar surface area (TPSA) is 78.4 Å². The zero-order chi connectivity index (χ0) is 17.6. The summed E-state index contributed by atoms with van der Waals surface area (Å²) < 4.78 is 0. The van der Waals surface area contributed by atoms with Gasteiger partial charge in [-0.05, 0) is 36.9 Å². The number of aliphatic hydroxyl groups excluding tert-OH is 1. The Morgan fingerprint density at radius 3 is 2.88 bits per heavy atom. The molecule has 0 aromatic carbocycles. The van der Waals surface area contributed by atoms with Crippen LogP contribution in [0.25, 0.3) is 0 Å². The van der Waals surface area contributed by atoms with E-state index in [4.69, 9.17) is 0 Å². The lowest BCUT2D eigenvalue weighted by atomic mass is 10.0. The molecule has 132 valence electrons. The summed E-state index contributed by atoms with van der Waals surface area (Å²) in [4.78, 5) is 23.2. The molecular formula is C18H22N4O2S. The number of carbonyl (C=O) groups excluding carboxylic acids is 1. The number of amides is 1. The van der Waals surface area contributed by atoms with E-state index in [1.54, 1.807) is 24.5 Å². The number of aliphatic hydroxyl groups is 1. The van der Waals surface area contributed by atoms with Crippen LogP contribution >= 0.6 is 11.8 Å². The van der Waals surface area contributed by atoms with E-state index in [1.165, 1.54) is 11.8 Å². The van der Waals surface area contributed by atoms with Crippen LogP contribution in [0.4, 0.5) is 0 Å². The van der Waals surface area contributed by atoms with E-state index in [0.717, 1.165) is 12.2 Å². The van der Waals surface area contributed by atoms with Crippen molar-refractivity contribution in [3.63, 3.8) is 0 Å². The lowest BCUT2D eigenvalue weighted by Gasteiger charge is -2.36. The van der Waals surface area contributed by atoms with Gasteiger partial charge in [0, 0.05) is 32.0 Å². The average Bonchev–Trinajstić information content (AvgIpc) is 2.64. The van der Waals surface area contributed by atoms with Crippen LogP contribution in [0.3, 0.4) is 0 Å². The van der Waals surface area contributed by atoms with Crippen molar-refractivity contribution in [2.24, 2.45) is 0 Å². The zero-order valence-corrected chi connectivity index (χ0v) is 14.9. The third-order valence-electron chi connectivity index (χ3n) is 4.30. The number of rotatable bonds is 5. The minimum atomic E-state index is -0.601. The molecule has 1 fully saturated rings. The van der Waals surface area contributed by atoms with Crippen molar-refractivity contribution < 1.29 is 9.90 Å². The molecule has 1 aliphatic rings. The average molecular weight is 358 g/mol. The first-order valence-electron chi connectivity index (χ1n) is 8.27. The second kappa shape index (κ2) is 8.42. The first kappa shape index (κ1) is 17.8. The Kier molecular flexibility index (Phi) is 6.01.